The van der Waals surface area contributed by atoms with Crippen LogP contribution in [0.2, 0.25) is 0 Å². The second-order valence-corrected chi connectivity index (χ2v) is 6.07. The maximum Gasteiger partial charge on any atom is 0.251 e. The van der Waals surface area contributed by atoms with Crippen LogP contribution in [0.5, 0.6) is 11.5 Å². The van der Waals surface area contributed by atoms with Gasteiger partial charge in [-0.2, -0.15) is 0 Å². The van der Waals surface area contributed by atoms with Gasteiger partial charge in [0, 0.05) is 16.6 Å². The molecule has 2 amide bonds. The van der Waals surface area contributed by atoms with E-state index in [2.05, 4.69) is 26.6 Å². The molecule has 0 aliphatic rings. The molecule has 0 aliphatic carbocycles. The Kier molecular flexibility index (Phi) is 6.82. The average Bonchev–Trinajstić information content (AvgIpc) is 2.64. The average molecular weight is 407 g/mol. The second kappa shape index (κ2) is 9.08. The molecule has 0 spiro atoms. The molecule has 0 aromatic heterocycles. The Morgan fingerprint density at radius 3 is 2.28 bits per heavy atom. The Hall–Kier alpha value is -2.54. The predicted octanol–water partition coefficient (Wildman–Crippen LogP) is 2.51. The van der Waals surface area contributed by atoms with Gasteiger partial charge in [-0.1, -0.05) is 22.0 Å². The van der Waals surface area contributed by atoms with Crippen LogP contribution in [-0.4, -0.2) is 32.6 Å². The van der Waals surface area contributed by atoms with Gasteiger partial charge in [-0.3, -0.25) is 9.59 Å². The summed E-state index contributed by atoms with van der Waals surface area (Å²) < 4.78 is 11.3. The summed E-state index contributed by atoms with van der Waals surface area (Å²) in [6.45, 7) is 0.232. The zero-order valence-electron chi connectivity index (χ0n) is 14.0. The van der Waals surface area contributed by atoms with Crippen molar-refractivity contribution in [2.24, 2.45) is 0 Å². The minimum atomic E-state index is -0.297. The molecule has 0 aliphatic heterocycles. The van der Waals surface area contributed by atoms with Gasteiger partial charge < -0.3 is 20.1 Å². The predicted molar refractivity (Wildman–Crippen MR) is 97.9 cm³/mol. The molecule has 0 radical (unpaired) electrons. The topological polar surface area (TPSA) is 76.7 Å². The standard InChI is InChI=1S/C18H19BrN2O4/c1-24-15-8-3-12(9-16(15)25-2)10-20-17(22)11-21-18(23)13-4-6-14(19)7-5-13/h3-9H,10-11H2,1-2H3,(H,20,22)(H,21,23). The minimum absolute atomic E-state index is 0.0951. The molecule has 2 aromatic carbocycles. The van der Waals surface area contributed by atoms with Gasteiger partial charge in [0.2, 0.25) is 5.91 Å². The van der Waals surface area contributed by atoms with E-state index in [-0.39, 0.29) is 18.4 Å². The number of ether oxygens (including phenoxy) is 2. The lowest BCUT2D eigenvalue weighted by Crippen LogP contribution is -2.36. The number of amides is 2. The molecule has 0 atom stereocenters. The molecule has 6 nitrogen and oxygen atoms in total. The number of carbonyl (C=O) groups is 2. The summed E-state index contributed by atoms with van der Waals surface area (Å²) in [6, 6.07) is 12.3. The van der Waals surface area contributed by atoms with Crippen LogP contribution in [-0.2, 0) is 11.3 Å². The van der Waals surface area contributed by atoms with Crippen LogP contribution < -0.4 is 20.1 Å². The molecule has 0 unspecified atom stereocenters. The van der Waals surface area contributed by atoms with E-state index in [1.807, 2.05) is 6.07 Å². The zero-order valence-corrected chi connectivity index (χ0v) is 15.6. The van der Waals surface area contributed by atoms with Crippen molar-refractivity contribution in [1.82, 2.24) is 10.6 Å². The minimum Gasteiger partial charge on any atom is -0.493 e. The summed E-state index contributed by atoms with van der Waals surface area (Å²) >= 11 is 3.31. The molecule has 0 fully saturated rings. The van der Waals surface area contributed by atoms with Gasteiger partial charge in [0.25, 0.3) is 5.91 Å². The molecule has 25 heavy (non-hydrogen) atoms. The van der Waals surface area contributed by atoms with E-state index in [0.717, 1.165) is 10.0 Å². The summed E-state index contributed by atoms with van der Waals surface area (Å²) in [4.78, 5) is 23.8. The molecule has 132 valence electrons. The van der Waals surface area contributed by atoms with E-state index in [0.29, 0.717) is 23.6 Å². The van der Waals surface area contributed by atoms with Crippen molar-refractivity contribution >= 4 is 27.7 Å². The highest BCUT2D eigenvalue weighted by atomic mass is 79.9. The third-order valence-electron chi connectivity index (χ3n) is 3.45. The quantitative estimate of drug-likeness (QED) is 0.740. The number of hydrogen-bond donors (Lipinski definition) is 2. The molecule has 0 saturated heterocycles. The first-order chi connectivity index (χ1) is 12.0. The van der Waals surface area contributed by atoms with Crippen LogP contribution in [0.25, 0.3) is 0 Å². The summed E-state index contributed by atoms with van der Waals surface area (Å²) in [5.41, 5.74) is 1.36. The number of carbonyl (C=O) groups excluding carboxylic acids is 2. The smallest absolute Gasteiger partial charge is 0.251 e. The first kappa shape index (κ1) is 18.8. The Bertz CT molecular complexity index is 747. The highest BCUT2D eigenvalue weighted by Crippen LogP contribution is 2.27. The van der Waals surface area contributed by atoms with Crippen molar-refractivity contribution in [3.63, 3.8) is 0 Å². The van der Waals surface area contributed by atoms with E-state index in [1.54, 1.807) is 50.6 Å². The Labute approximate surface area is 154 Å². The fraction of sp³-hybridized carbons (Fsp3) is 0.222. The van der Waals surface area contributed by atoms with Gasteiger partial charge in [0.15, 0.2) is 11.5 Å². The fourth-order valence-corrected chi connectivity index (χ4v) is 2.38. The van der Waals surface area contributed by atoms with E-state index >= 15 is 0 Å². The first-order valence-electron chi connectivity index (χ1n) is 7.55. The van der Waals surface area contributed by atoms with Crippen LogP contribution in [0.4, 0.5) is 0 Å². The lowest BCUT2D eigenvalue weighted by Gasteiger charge is -2.11. The van der Waals surface area contributed by atoms with Crippen LogP contribution >= 0.6 is 15.9 Å². The van der Waals surface area contributed by atoms with Crippen molar-refractivity contribution < 1.29 is 19.1 Å². The molecule has 7 heteroatoms. The highest BCUT2D eigenvalue weighted by Gasteiger charge is 2.09. The number of hydrogen-bond acceptors (Lipinski definition) is 4. The van der Waals surface area contributed by atoms with Crippen molar-refractivity contribution in [3.8, 4) is 11.5 Å². The first-order valence-corrected chi connectivity index (χ1v) is 8.34. The van der Waals surface area contributed by atoms with E-state index in [9.17, 15) is 9.59 Å². The third-order valence-corrected chi connectivity index (χ3v) is 3.98. The summed E-state index contributed by atoms with van der Waals surface area (Å²) in [7, 11) is 3.12. The highest BCUT2D eigenvalue weighted by molar-refractivity contribution is 9.10. The van der Waals surface area contributed by atoms with Crippen molar-refractivity contribution in [2.75, 3.05) is 20.8 Å². The van der Waals surface area contributed by atoms with E-state index in [4.69, 9.17) is 9.47 Å². The van der Waals surface area contributed by atoms with Gasteiger partial charge in [-0.05, 0) is 42.0 Å². The van der Waals surface area contributed by atoms with Crippen LogP contribution in [0.15, 0.2) is 46.9 Å². The molecule has 0 heterocycles. The van der Waals surface area contributed by atoms with Gasteiger partial charge in [0.1, 0.15) is 0 Å². The lowest BCUT2D eigenvalue weighted by atomic mass is 10.2. The number of benzene rings is 2. The van der Waals surface area contributed by atoms with Crippen molar-refractivity contribution in [1.29, 1.82) is 0 Å². The third kappa shape index (κ3) is 5.49. The van der Waals surface area contributed by atoms with Crippen LogP contribution in [0.3, 0.4) is 0 Å². The van der Waals surface area contributed by atoms with Crippen molar-refractivity contribution in [2.45, 2.75) is 6.54 Å². The van der Waals surface area contributed by atoms with E-state index in [1.165, 1.54) is 0 Å². The SMILES string of the molecule is COc1ccc(CNC(=O)CNC(=O)c2ccc(Br)cc2)cc1OC. The fourth-order valence-electron chi connectivity index (χ4n) is 2.12. The lowest BCUT2D eigenvalue weighted by molar-refractivity contribution is -0.120. The molecule has 0 saturated carbocycles. The largest absolute Gasteiger partial charge is 0.493 e. The molecule has 2 aromatic rings. The Morgan fingerprint density at radius 2 is 1.64 bits per heavy atom. The van der Waals surface area contributed by atoms with Crippen molar-refractivity contribution in [3.05, 3.63) is 58.1 Å². The normalized spacial score (nSPS) is 10.0. The zero-order chi connectivity index (χ0) is 18.2. The van der Waals surface area contributed by atoms with Gasteiger partial charge in [-0.15, -0.1) is 0 Å². The number of nitrogens with one attached hydrogen (secondary N) is 2. The molecule has 2 N–H and O–H groups in total. The number of methoxy groups -OCH3 is 2. The Morgan fingerprint density at radius 1 is 0.960 bits per heavy atom. The van der Waals surface area contributed by atoms with Gasteiger partial charge >= 0.3 is 0 Å². The van der Waals surface area contributed by atoms with E-state index < -0.39 is 0 Å². The molecular weight excluding hydrogens is 388 g/mol. The monoisotopic (exact) mass is 406 g/mol. The van der Waals surface area contributed by atoms with Crippen LogP contribution in [0, 0.1) is 0 Å². The maximum atomic E-state index is 12.0. The van der Waals surface area contributed by atoms with Gasteiger partial charge in [0.05, 0.1) is 20.8 Å². The van der Waals surface area contributed by atoms with Crippen LogP contribution in [0.1, 0.15) is 15.9 Å². The summed E-state index contributed by atoms with van der Waals surface area (Å²) in [6.07, 6.45) is 0. The number of halogens is 1. The molecule has 2 rings (SSSR count). The van der Waals surface area contributed by atoms with Gasteiger partial charge in [-0.25, -0.2) is 0 Å². The Balaban J connectivity index is 1.82. The maximum absolute atomic E-state index is 12.0. The summed E-state index contributed by atoms with van der Waals surface area (Å²) in [5.74, 6) is 0.645. The number of rotatable bonds is 7. The summed E-state index contributed by atoms with van der Waals surface area (Å²) in [5, 5.41) is 5.33. The second-order valence-electron chi connectivity index (χ2n) is 5.16. The molecule has 0 bridgehead atoms. The molecular formula is C18H19BrN2O4.